The van der Waals surface area contributed by atoms with Crippen LogP contribution in [-0.4, -0.2) is 48.0 Å². The molecule has 1 spiro atoms. The van der Waals surface area contributed by atoms with Gasteiger partial charge in [-0.15, -0.1) is 6.58 Å². The van der Waals surface area contributed by atoms with Crippen LogP contribution in [0, 0.1) is 0 Å². The molecule has 1 saturated heterocycles. The highest BCUT2D eigenvalue weighted by atomic mass is 16.5. The molecule has 1 aromatic rings. The van der Waals surface area contributed by atoms with Gasteiger partial charge in [-0.3, -0.25) is 4.90 Å². The summed E-state index contributed by atoms with van der Waals surface area (Å²) in [6, 6.07) is 4.37. The molecular weight excluding hydrogens is 302 g/mol. The van der Waals surface area contributed by atoms with Gasteiger partial charge < -0.3 is 14.6 Å². The highest BCUT2D eigenvalue weighted by Crippen LogP contribution is 2.65. The average molecular weight is 327 g/mol. The molecule has 2 fully saturated rings. The van der Waals surface area contributed by atoms with Crippen LogP contribution in [0.5, 0.6) is 11.5 Å². The molecule has 1 N–H and O–H groups in total. The normalized spacial score (nSPS) is 39.1. The monoisotopic (exact) mass is 327 g/mol. The molecule has 5 rings (SSSR count). The Kier molecular flexibility index (Phi) is 2.94. The molecule has 4 atom stereocenters. The molecule has 0 amide bonds. The maximum Gasteiger partial charge on any atom is 0.165 e. The van der Waals surface area contributed by atoms with Crippen LogP contribution in [0.25, 0.3) is 0 Å². The summed E-state index contributed by atoms with van der Waals surface area (Å²) in [4.78, 5) is 2.42. The van der Waals surface area contributed by atoms with Crippen molar-refractivity contribution in [2.24, 2.45) is 0 Å². The maximum absolute atomic E-state index is 12.0. The first-order valence-electron chi connectivity index (χ1n) is 9.10. The van der Waals surface area contributed by atoms with Gasteiger partial charge in [0.1, 0.15) is 6.10 Å². The van der Waals surface area contributed by atoms with Crippen LogP contribution in [0.2, 0.25) is 0 Å². The van der Waals surface area contributed by atoms with Gasteiger partial charge in [0.15, 0.2) is 11.5 Å². The first-order valence-corrected chi connectivity index (χ1v) is 9.10. The average Bonchev–Trinajstić information content (AvgIpc) is 2.91. The molecule has 0 aromatic heterocycles. The largest absolute Gasteiger partial charge is 0.493 e. The van der Waals surface area contributed by atoms with Gasteiger partial charge in [0, 0.05) is 18.2 Å². The Hall–Kier alpha value is -1.52. The predicted molar refractivity (Wildman–Crippen MR) is 91.8 cm³/mol. The zero-order chi connectivity index (χ0) is 16.5. The van der Waals surface area contributed by atoms with Crippen LogP contribution >= 0.6 is 0 Å². The standard InChI is InChI=1S/C20H25NO3/c1-3-10-21-11-9-19-16-5-4-8-20(19,22)15(21)12-13-6-7-14(23-2)18(24-16)17(13)19/h3,6-7,15-16,22H,1,4-5,8-12H2,2H3/t15-,16+,19-,20-/m1/s1. The molecule has 0 radical (unpaired) electrons. The van der Waals surface area contributed by atoms with Gasteiger partial charge in [0.05, 0.1) is 18.1 Å². The lowest BCUT2D eigenvalue weighted by Gasteiger charge is -2.63. The van der Waals surface area contributed by atoms with Crippen molar-refractivity contribution in [1.82, 2.24) is 4.90 Å². The first kappa shape index (κ1) is 14.8. The zero-order valence-electron chi connectivity index (χ0n) is 14.3. The van der Waals surface area contributed by atoms with Gasteiger partial charge in [-0.05, 0) is 50.3 Å². The van der Waals surface area contributed by atoms with E-state index in [1.807, 2.05) is 12.1 Å². The van der Waals surface area contributed by atoms with Gasteiger partial charge in [-0.1, -0.05) is 12.1 Å². The van der Waals surface area contributed by atoms with Gasteiger partial charge in [-0.2, -0.15) is 0 Å². The molecule has 4 nitrogen and oxygen atoms in total. The van der Waals surface area contributed by atoms with Crippen LogP contribution in [0.15, 0.2) is 24.8 Å². The summed E-state index contributed by atoms with van der Waals surface area (Å²) >= 11 is 0. The van der Waals surface area contributed by atoms with Crippen molar-refractivity contribution in [1.29, 1.82) is 0 Å². The summed E-state index contributed by atoms with van der Waals surface area (Å²) in [5, 5.41) is 12.0. The molecule has 2 aliphatic heterocycles. The Morgan fingerprint density at radius 3 is 3.12 bits per heavy atom. The third-order valence-electron chi connectivity index (χ3n) is 7.04. The summed E-state index contributed by atoms with van der Waals surface area (Å²) in [6.45, 7) is 5.75. The summed E-state index contributed by atoms with van der Waals surface area (Å²) in [6.07, 6.45) is 6.78. The number of hydrogen-bond donors (Lipinski definition) is 1. The van der Waals surface area contributed by atoms with Gasteiger partial charge >= 0.3 is 0 Å². The number of rotatable bonds is 3. The predicted octanol–water partition coefficient (Wildman–Crippen LogP) is 2.43. The second-order valence-corrected chi connectivity index (χ2v) is 7.78. The number of likely N-dealkylation sites (tertiary alicyclic amines) is 1. The summed E-state index contributed by atoms with van der Waals surface area (Å²) in [7, 11) is 1.70. The fourth-order valence-corrected chi connectivity index (χ4v) is 6.16. The van der Waals surface area contributed by atoms with Gasteiger partial charge in [-0.25, -0.2) is 0 Å². The Morgan fingerprint density at radius 2 is 2.33 bits per heavy atom. The SMILES string of the molecule is C=CCN1CC[C@]23c4c5ccc(OC)c4O[C@H]2CCC[C@@]3(O)[C@H]1C5. The van der Waals surface area contributed by atoms with E-state index in [1.165, 1.54) is 11.1 Å². The van der Waals surface area contributed by atoms with Crippen LogP contribution in [-0.2, 0) is 11.8 Å². The van der Waals surface area contributed by atoms with E-state index >= 15 is 0 Å². The third kappa shape index (κ3) is 1.48. The van der Waals surface area contributed by atoms with E-state index in [-0.39, 0.29) is 17.6 Å². The highest BCUT2D eigenvalue weighted by Gasteiger charge is 2.70. The van der Waals surface area contributed by atoms with E-state index in [0.717, 1.165) is 56.7 Å². The highest BCUT2D eigenvalue weighted by molar-refractivity contribution is 5.62. The van der Waals surface area contributed by atoms with Crippen LogP contribution in [0.3, 0.4) is 0 Å². The summed E-state index contributed by atoms with van der Waals surface area (Å²) in [5.41, 5.74) is 1.62. The number of benzene rings is 1. The Balaban J connectivity index is 1.76. The minimum Gasteiger partial charge on any atom is -0.493 e. The maximum atomic E-state index is 12.0. The number of aliphatic hydroxyl groups is 1. The third-order valence-corrected chi connectivity index (χ3v) is 7.04. The van der Waals surface area contributed by atoms with E-state index in [4.69, 9.17) is 9.47 Å². The number of ether oxygens (including phenoxy) is 2. The summed E-state index contributed by atoms with van der Waals surface area (Å²) in [5.74, 6) is 1.71. The van der Waals surface area contributed by atoms with Crippen molar-refractivity contribution in [3.8, 4) is 11.5 Å². The van der Waals surface area contributed by atoms with Crippen molar-refractivity contribution >= 4 is 0 Å². The van der Waals surface area contributed by atoms with Crippen molar-refractivity contribution < 1.29 is 14.6 Å². The van der Waals surface area contributed by atoms with Crippen molar-refractivity contribution in [2.45, 2.75) is 55.3 Å². The second kappa shape index (κ2) is 4.77. The van der Waals surface area contributed by atoms with Crippen molar-refractivity contribution in [2.75, 3.05) is 20.2 Å². The molecule has 4 heteroatoms. The van der Waals surface area contributed by atoms with E-state index in [2.05, 4.69) is 17.5 Å². The zero-order valence-corrected chi connectivity index (χ0v) is 14.3. The minimum atomic E-state index is -0.707. The number of piperidine rings is 1. The lowest BCUT2D eigenvalue weighted by atomic mass is 9.49. The van der Waals surface area contributed by atoms with Crippen LogP contribution < -0.4 is 9.47 Å². The fourth-order valence-electron chi connectivity index (χ4n) is 6.16. The van der Waals surface area contributed by atoms with Crippen LogP contribution in [0.4, 0.5) is 0 Å². The molecule has 2 bridgehead atoms. The Labute approximate surface area is 143 Å². The van der Waals surface area contributed by atoms with Crippen LogP contribution in [0.1, 0.15) is 36.8 Å². The Morgan fingerprint density at radius 1 is 1.46 bits per heavy atom. The van der Waals surface area contributed by atoms with E-state index < -0.39 is 5.60 Å². The number of nitrogens with zero attached hydrogens (tertiary/aromatic N) is 1. The smallest absolute Gasteiger partial charge is 0.165 e. The number of hydrogen-bond acceptors (Lipinski definition) is 4. The van der Waals surface area contributed by atoms with Gasteiger partial charge in [0.25, 0.3) is 0 Å². The molecule has 24 heavy (non-hydrogen) atoms. The fraction of sp³-hybridized carbons (Fsp3) is 0.600. The first-order chi connectivity index (χ1) is 11.7. The van der Waals surface area contributed by atoms with Crippen molar-refractivity contribution in [3.63, 3.8) is 0 Å². The Bertz CT molecular complexity index is 717. The topological polar surface area (TPSA) is 41.9 Å². The molecule has 2 heterocycles. The van der Waals surface area contributed by atoms with E-state index in [1.54, 1.807) is 7.11 Å². The molecule has 0 unspecified atom stereocenters. The lowest BCUT2D eigenvalue weighted by Crippen LogP contribution is -2.75. The van der Waals surface area contributed by atoms with Gasteiger partial charge in [0.2, 0.25) is 0 Å². The molecule has 1 saturated carbocycles. The second-order valence-electron chi connectivity index (χ2n) is 7.78. The molecule has 1 aromatic carbocycles. The van der Waals surface area contributed by atoms with Crippen molar-refractivity contribution in [3.05, 3.63) is 35.9 Å². The van der Waals surface area contributed by atoms with E-state index in [0.29, 0.717) is 0 Å². The molecule has 2 aliphatic carbocycles. The quantitative estimate of drug-likeness (QED) is 0.866. The lowest BCUT2D eigenvalue weighted by molar-refractivity contribution is -0.183. The minimum absolute atomic E-state index is 0.0787. The van der Waals surface area contributed by atoms with E-state index in [9.17, 15) is 5.11 Å². The molecule has 128 valence electrons. The summed E-state index contributed by atoms with van der Waals surface area (Å²) < 4.78 is 12.0. The molecular formula is C20H25NO3. The molecule has 4 aliphatic rings. The number of methoxy groups -OCH3 is 1.